The van der Waals surface area contributed by atoms with E-state index in [1.54, 1.807) is 0 Å². The average molecular weight is 732 g/mol. The van der Waals surface area contributed by atoms with E-state index in [-0.39, 0.29) is 10.8 Å². The second-order valence-electron chi connectivity index (χ2n) is 16.0. The highest BCUT2D eigenvalue weighted by Crippen LogP contribution is 2.66. The van der Waals surface area contributed by atoms with E-state index in [1.165, 1.54) is 87.3 Å². The van der Waals surface area contributed by atoms with Gasteiger partial charge in [0.2, 0.25) is 0 Å². The van der Waals surface area contributed by atoms with E-state index in [0.29, 0.717) is 0 Å². The summed E-state index contributed by atoms with van der Waals surface area (Å²) in [4.78, 5) is 3.85. The number of fused-ring (bicyclic) bond motifs is 15. The number of para-hydroxylation sites is 1. The molecule has 1 spiro atoms. The van der Waals surface area contributed by atoms with Gasteiger partial charge in [-0.3, -0.25) is 0 Å². The second-order valence-corrected chi connectivity index (χ2v) is 17.1. The fraction of sp³-hybridized carbons (Fsp3) is 0.0741. The lowest BCUT2D eigenvalue weighted by atomic mass is 9.74. The minimum atomic E-state index is -0.356. The molecule has 56 heavy (non-hydrogen) atoms. The summed E-state index contributed by atoms with van der Waals surface area (Å²) in [6, 6.07) is 70.3. The van der Waals surface area contributed by atoms with Crippen molar-refractivity contribution in [2.24, 2.45) is 0 Å². The third kappa shape index (κ3) is 4.14. The van der Waals surface area contributed by atoms with Gasteiger partial charge < -0.3 is 4.90 Å². The highest BCUT2D eigenvalue weighted by atomic mass is 32.1. The molecule has 1 heterocycles. The van der Waals surface area contributed by atoms with Crippen LogP contribution >= 0.6 is 11.3 Å². The molecule has 1 nitrogen and oxygen atoms in total. The van der Waals surface area contributed by atoms with Gasteiger partial charge in [-0.2, -0.15) is 0 Å². The molecule has 1 unspecified atom stereocenters. The molecule has 0 aliphatic heterocycles. The SMILES string of the molecule is CC1(C)c2ccccc2-c2ccc(-c3ccc(N(c4ccccc4)c4ccc5c(c4)-c4ccccc4C54c5ccccc5-c5c4sc4ccccc54)cc3)cc21. The summed E-state index contributed by atoms with van der Waals surface area (Å²) in [5.41, 5.74) is 20.5. The van der Waals surface area contributed by atoms with Crippen molar-refractivity contribution < 1.29 is 0 Å². The van der Waals surface area contributed by atoms with Gasteiger partial charge in [-0.05, 0) is 115 Å². The van der Waals surface area contributed by atoms with Crippen LogP contribution in [0.25, 0.3) is 54.6 Å². The molecule has 0 bridgehead atoms. The molecule has 3 aliphatic carbocycles. The van der Waals surface area contributed by atoms with E-state index in [9.17, 15) is 0 Å². The second kappa shape index (κ2) is 11.5. The minimum Gasteiger partial charge on any atom is -0.310 e. The maximum absolute atomic E-state index is 2.44. The molecule has 264 valence electrons. The zero-order valence-electron chi connectivity index (χ0n) is 31.3. The van der Waals surface area contributed by atoms with Crippen molar-refractivity contribution >= 4 is 38.5 Å². The summed E-state index contributed by atoms with van der Waals surface area (Å²) in [7, 11) is 0. The van der Waals surface area contributed by atoms with E-state index < -0.39 is 0 Å². The molecule has 12 rings (SSSR count). The summed E-state index contributed by atoms with van der Waals surface area (Å²) < 4.78 is 1.35. The zero-order valence-corrected chi connectivity index (χ0v) is 32.1. The Morgan fingerprint density at radius 3 is 1.73 bits per heavy atom. The predicted octanol–water partition coefficient (Wildman–Crippen LogP) is 14.7. The van der Waals surface area contributed by atoms with E-state index >= 15 is 0 Å². The van der Waals surface area contributed by atoms with Crippen LogP contribution in [0.1, 0.15) is 46.5 Å². The van der Waals surface area contributed by atoms with Gasteiger partial charge in [-0.25, -0.2) is 0 Å². The van der Waals surface area contributed by atoms with Crippen molar-refractivity contribution in [3.63, 3.8) is 0 Å². The molecule has 0 amide bonds. The average Bonchev–Trinajstić information content (AvgIpc) is 3.93. The molecule has 1 aromatic heterocycles. The van der Waals surface area contributed by atoms with Gasteiger partial charge in [0.25, 0.3) is 0 Å². The van der Waals surface area contributed by atoms with Crippen LogP contribution in [0.5, 0.6) is 0 Å². The first kappa shape index (κ1) is 31.8. The summed E-state index contributed by atoms with van der Waals surface area (Å²) in [5.74, 6) is 0. The van der Waals surface area contributed by atoms with Crippen molar-refractivity contribution in [2.45, 2.75) is 24.7 Å². The molecule has 0 fully saturated rings. The molecular formula is C54H37NS. The van der Waals surface area contributed by atoms with Crippen LogP contribution in [-0.4, -0.2) is 0 Å². The van der Waals surface area contributed by atoms with Crippen molar-refractivity contribution in [1.82, 2.24) is 0 Å². The third-order valence-corrected chi connectivity index (χ3v) is 14.2. The Kier molecular flexibility index (Phi) is 6.55. The maximum atomic E-state index is 2.44. The van der Waals surface area contributed by atoms with Crippen LogP contribution in [0.15, 0.2) is 188 Å². The molecule has 0 N–H and O–H groups in total. The van der Waals surface area contributed by atoms with E-state index in [2.05, 4.69) is 207 Å². The summed E-state index contributed by atoms with van der Waals surface area (Å²) in [6.45, 7) is 4.71. The summed E-state index contributed by atoms with van der Waals surface area (Å²) in [5, 5.41) is 1.35. The minimum absolute atomic E-state index is 0.0319. The first-order valence-corrected chi connectivity index (χ1v) is 20.4. The number of hydrogen-bond acceptors (Lipinski definition) is 2. The van der Waals surface area contributed by atoms with Gasteiger partial charge in [-0.15, -0.1) is 11.3 Å². The number of rotatable bonds is 4. The molecule has 0 saturated heterocycles. The van der Waals surface area contributed by atoms with Crippen LogP contribution in [0.2, 0.25) is 0 Å². The quantitative estimate of drug-likeness (QED) is 0.174. The molecule has 0 saturated carbocycles. The Bertz CT molecular complexity index is 3060. The van der Waals surface area contributed by atoms with Crippen LogP contribution < -0.4 is 4.90 Å². The molecule has 1 atom stereocenters. The van der Waals surface area contributed by atoms with Crippen molar-refractivity contribution in [3.05, 3.63) is 221 Å². The standard InChI is InChI=1S/C54H37NS/c1-53(2)45-20-10-6-16-39(45)41-30-26-35(32-49(41)53)34-24-27-37(28-25-34)55(36-14-4-3-5-15-36)38-29-31-48-44(33-38)40-17-7-11-21-46(40)54(48)47-22-12-8-18-42(47)51-43-19-9-13-23-50(43)56-52(51)54/h3-33H,1-2H3. The number of thiophene rings is 1. The van der Waals surface area contributed by atoms with Crippen LogP contribution in [0.4, 0.5) is 17.1 Å². The first-order valence-electron chi connectivity index (χ1n) is 19.6. The number of benzene rings is 8. The van der Waals surface area contributed by atoms with Gasteiger partial charge in [0, 0.05) is 43.0 Å². The molecule has 9 aromatic rings. The largest absolute Gasteiger partial charge is 0.310 e. The topological polar surface area (TPSA) is 3.24 Å². The van der Waals surface area contributed by atoms with Crippen LogP contribution in [-0.2, 0) is 10.8 Å². The smallest absolute Gasteiger partial charge is 0.0819 e. The van der Waals surface area contributed by atoms with E-state index in [0.717, 1.165) is 17.1 Å². The third-order valence-electron chi connectivity index (χ3n) is 12.9. The van der Waals surface area contributed by atoms with Gasteiger partial charge in [0.1, 0.15) is 0 Å². The van der Waals surface area contributed by atoms with Crippen LogP contribution in [0.3, 0.4) is 0 Å². The Labute approximate surface area is 331 Å². The lowest BCUT2D eigenvalue weighted by Crippen LogP contribution is -2.25. The predicted molar refractivity (Wildman–Crippen MR) is 236 cm³/mol. The molecule has 3 aliphatic rings. The van der Waals surface area contributed by atoms with Crippen molar-refractivity contribution in [1.29, 1.82) is 0 Å². The van der Waals surface area contributed by atoms with Gasteiger partial charge in [0.15, 0.2) is 0 Å². The van der Waals surface area contributed by atoms with Crippen molar-refractivity contribution in [3.8, 4) is 44.5 Å². The Balaban J connectivity index is 1.00. The molecule has 2 heteroatoms. The monoisotopic (exact) mass is 731 g/mol. The number of hydrogen-bond donors (Lipinski definition) is 0. The van der Waals surface area contributed by atoms with Crippen molar-refractivity contribution in [2.75, 3.05) is 4.90 Å². The Hall–Kier alpha value is -6.48. The van der Waals surface area contributed by atoms with Crippen LogP contribution in [0, 0.1) is 0 Å². The fourth-order valence-corrected chi connectivity index (χ4v) is 11.8. The molecular weight excluding hydrogens is 695 g/mol. The van der Waals surface area contributed by atoms with Gasteiger partial charge >= 0.3 is 0 Å². The van der Waals surface area contributed by atoms with Gasteiger partial charge in [-0.1, -0.05) is 153 Å². The zero-order chi connectivity index (χ0) is 37.2. The van der Waals surface area contributed by atoms with E-state index in [1.807, 2.05) is 11.3 Å². The number of nitrogens with zero attached hydrogens (tertiary/aromatic N) is 1. The summed E-state index contributed by atoms with van der Waals surface area (Å²) in [6.07, 6.45) is 0. The number of anilines is 3. The lowest BCUT2D eigenvalue weighted by Gasteiger charge is -2.30. The molecule has 8 aromatic carbocycles. The highest BCUT2D eigenvalue weighted by Gasteiger charge is 2.53. The Morgan fingerprint density at radius 1 is 0.393 bits per heavy atom. The molecule has 0 radical (unpaired) electrons. The highest BCUT2D eigenvalue weighted by molar-refractivity contribution is 7.20. The lowest BCUT2D eigenvalue weighted by molar-refractivity contribution is 0.660. The van der Waals surface area contributed by atoms with E-state index in [4.69, 9.17) is 0 Å². The maximum Gasteiger partial charge on any atom is 0.0819 e. The normalized spacial score (nSPS) is 16.2. The van der Waals surface area contributed by atoms with Gasteiger partial charge in [0.05, 0.1) is 5.41 Å². The fourth-order valence-electron chi connectivity index (χ4n) is 10.4. The summed E-state index contributed by atoms with van der Waals surface area (Å²) >= 11 is 1.96. The first-order chi connectivity index (χ1) is 27.5. The Morgan fingerprint density at radius 2 is 0.946 bits per heavy atom.